The molecule has 0 aliphatic heterocycles. The lowest BCUT2D eigenvalue weighted by molar-refractivity contribution is -0.141. The quantitative estimate of drug-likeness (QED) is 0.838. The van der Waals surface area contributed by atoms with E-state index in [4.69, 9.17) is 9.52 Å². The van der Waals surface area contributed by atoms with Crippen molar-refractivity contribution in [3.05, 3.63) is 23.7 Å². The van der Waals surface area contributed by atoms with Crippen LogP contribution in [0.5, 0.6) is 0 Å². The molecule has 0 bridgehead atoms. The van der Waals surface area contributed by atoms with Crippen molar-refractivity contribution in [3.63, 3.8) is 0 Å². The highest BCUT2D eigenvalue weighted by molar-refractivity contribution is 5.95. The molecule has 0 aromatic carbocycles. The number of furan rings is 1. The van der Waals surface area contributed by atoms with E-state index in [-0.39, 0.29) is 17.7 Å². The number of amides is 1. The van der Waals surface area contributed by atoms with Crippen LogP contribution < -0.4 is 5.32 Å². The number of carbonyl (C=O) groups excluding carboxylic acids is 1. The van der Waals surface area contributed by atoms with Crippen molar-refractivity contribution in [3.8, 4) is 0 Å². The van der Waals surface area contributed by atoms with Crippen molar-refractivity contribution in [1.29, 1.82) is 0 Å². The third-order valence-electron chi connectivity index (χ3n) is 3.67. The highest BCUT2D eigenvalue weighted by Crippen LogP contribution is 2.43. The molecule has 18 heavy (non-hydrogen) atoms. The third-order valence-corrected chi connectivity index (χ3v) is 3.67. The second kappa shape index (κ2) is 4.84. The molecule has 0 atom stereocenters. The lowest BCUT2D eigenvalue weighted by Crippen LogP contribution is -2.43. The van der Waals surface area contributed by atoms with Gasteiger partial charge in [-0.05, 0) is 31.2 Å². The molecule has 1 aromatic heterocycles. The molecule has 1 aromatic rings. The minimum atomic E-state index is -0.802. The Balaban J connectivity index is 1.93. The number of aliphatic carboxylic acids is 1. The average Bonchev–Trinajstić information content (AvgIpc) is 2.67. The van der Waals surface area contributed by atoms with Gasteiger partial charge >= 0.3 is 5.97 Å². The van der Waals surface area contributed by atoms with Gasteiger partial charge in [0.2, 0.25) is 0 Å². The van der Waals surface area contributed by atoms with Crippen molar-refractivity contribution in [2.75, 3.05) is 6.54 Å². The maximum Gasteiger partial charge on any atom is 0.303 e. The Morgan fingerprint density at radius 1 is 1.50 bits per heavy atom. The first-order chi connectivity index (χ1) is 8.52. The first-order valence-electron chi connectivity index (χ1n) is 6.07. The van der Waals surface area contributed by atoms with E-state index in [2.05, 4.69) is 5.32 Å². The maximum atomic E-state index is 11.9. The maximum absolute atomic E-state index is 11.9. The van der Waals surface area contributed by atoms with Gasteiger partial charge in [0.15, 0.2) is 0 Å². The van der Waals surface area contributed by atoms with Crippen LogP contribution in [-0.2, 0) is 4.79 Å². The topological polar surface area (TPSA) is 79.5 Å². The van der Waals surface area contributed by atoms with E-state index < -0.39 is 5.97 Å². The third kappa shape index (κ3) is 2.55. The molecular formula is C13H17NO4. The molecule has 1 aliphatic rings. The summed E-state index contributed by atoms with van der Waals surface area (Å²) >= 11 is 0. The number of hydrogen-bond acceptors (Lipinski definition) is 3. The molecule has 0 unspecified atom stereocenters. The summed E-state index contributed by atoms with van der Waals surface area (Å²) in [5.41, 5.74) is 0.263. The van der Waals surface area contributed by atoms with Gasteiger partial charge in [-0.25, -0.2) is 0 Å². The Morgan fingerprint density at radius 3 is 2.67 bits per heavy atom. The largest absolute Gasteiger partial charge is 0.481 e. The van der Waals surface area contributed by atoms with Gasteiger partial charge in [-0.2, -0.15) is 0 Å². The van der Waals surface area contributed by atoms with E-state index in [0.29, 0.717) is 17.9 Å². The molecule has 1 fully saturated rings. The summed E-state index contributed by atoms with van der Waals surface area (Å²) in [6.45, 7) is 2.15. The second-order valence-corrected chi connectivity index (χ2v) is 5.00. The smallest absolute Gasteiger partial charge is 0.303 e. The monoisotopic (exact) mass is 251 g/mol. The summed E-state index contributed by atoms with van der Waals surface area (Å²) in [5.74, 6) is -0.422. The molecule has 2 rings (SSSR count). The Bertz CT molecular complexity index is 459. The predicted molar refractivity (Wildman–Crippen MR) is 64.3 cm³/mol. The predicted octanol–water partition coefficient (Wildman–Crippen LogP) is 1.96. The fourth-order valence-electron chi connectivity index (χ4n) is 2.40. The first kappa shape index (κ1) is 12.7. The van der Waals surface area contributed by atoms with Crippen molar-refractivity contribution in [1.82, 2.24) is 5.32 Å². The zero-order valence-corrected chi connectivity index (χ0v) is 10.4. The van der Waals surface area contributed by atoms with Crippen molar-refractivity contribution >= 4 is 11.9 Å². The Morgan fingerprint density at radius 2 is 2.22 bits per heavy atom. The van der Waals surface area contributed by atoms with Crippen molar-refractivity contribution < 1.29 is 19.1 Å². The Kier molecular flexibility index (Phi) is 3.41. The van der Waals surface area contributed by atoms with Gasteiger partial charge in [0.25, 0.3) is 5.91 Å². The molecule has 1 amide bonds. The van der Waals surface area contributed by atoms with Gasteiger partial charge in [-0.3, -0.25) is 9.59 Å². The number of carboxylic acids is 1. The molecule has 2 N–H and O–H groups in total. The number of aryl methyl sites for hydroxylation is 1. The van der Waals surface area contributed by atoms with E-state index in [9.17, 15) is 9.59 Å². The van der Waals surface area contributed by atoms with Crippen LogP contribution >= 0.6 is 0 Å². The molecule has 0 spiro atoms. The minimum absolute atomic E-state index is 0.123. The van der Waals surface area contributed by atoms with Crippen LogP contribution in [0, 0.1) is 12.3 Å². The van der Waals surface area contributed by atoms with E-state index in [0.717, 1.165) is 19.3 Å². The van der Waals surface area contributed by atoms with Gasteiger partial charge in [0, 0.05) is 6.54 Å². The summed E-state index contributed by atoms with van der Waals surface area (Å²) < 4.78 is 5.07. The lowest BCUT2D eigenvalue weighted by Gasteiger charge is -2.40. The van der Waals surface area contributed by atoms with E-state index >= 15 is 0 Å². The molecule has 5 nitrogen and oxygen atoms in total. The molecule has 5 heteroatoms. The first-order valence-corrected chi connectivity index (χ1v) is 6.07. The lowest BCUT2D eigenvalue weighted by atomic mass is 9.66. The van der Waals surface area contributed by atoms with Crippen LogP contribution in [0.4, 0.5) is 0 Å². The Hall–Kier alpha value is -1.78. The molecule has 1 heterocycles. The highest BCUT2D eigenvalue weighted by atomic mass is 16.4. The number of rotatable bonds is 5. The second-order valence-electron chi connectivity index (χ2n) is 5.00. The minimum Gasteiger partial charge on any atom is -0.481 e. The van der Waals surface area contributed by atoms with Crippen LogP contribution in [0.3, 0.4) is 0 Å². The summed E-state index contributed by atoms with van der Waals surface area (Å²) in [6, 6.07) is 1.62. The zero-order chi connectivity index (χ0) is 13.2. The fourth-order valence-corrected chi connectivity index (χ4v) is 2.40. The molecule has 98 valence electrons. The SMILES string of the molecule is Cc1occc1C(=O)NCC1(CC(=O)O)CCC1. The number of carbonyl (C=O) groups is 2. The standard InChI is InChI=1S/C13H17NO4/c1-9-10(3-6-18-9)12(17)14-8-13(4-2-5-13)7-11(15)16/h3,6H,2,4-5,7-8H2,1H3,(H,14,17)(H,15,16). The Labute approximate surface area is 105 Å². The normalized spacial score (nSPS) is 16.9. The summed E-state index contributed by atoms with van der Waals surface area (Å²) in [7, 11) is 0. The average molecular weight is 251 g/mol. The van der Waals surface area contributed by atoms with Crippen LogP contribution in [0.2, 0.25) is 0 Å². The van der Waals surface area contributed by atoms with Crippen LogP contribution in [-0.4, -0.2) is 23.5 Å². The van der Waals surface area contributed by atoms with E-state index in [1.165, 1.54) is 6.26 Å². The van der Waals surface area contributed by atoms with Gasteiger partial charge in [-0.1, -0.05) is 6.42 Å². The van der Waals surface area contributed by atoms with Gasteiger partial charge < -0.3 is 14.8 Å². The molecule has 1 saturated carbocycles. The zero-order valence-electron chi connectivity index (χ0n) is 10.4. The van der Waals surface area contributed by atoms with Crippen LogP contribution in [0.25, 0.3) is 0 Å². The number of hydrogen-bond donors (Lipinski definition) is 2. The summed E-state index contributed by atoms with van der Waals surface area (Å²) in [5, 5.41) is 11.7. The van der Waals surface area contributed by atoms with Gasteiger partial charge in [0.05, 0.1) is 18.2 Å². The van der Waals surface area contributed by atoms with Gasteiger partial charge in [0.1, 0.15) is 5.76 Å². The molecular weight excluding hydrogens is 234 g/mol. The number of carboxylic acid groups (broad SMARTS) is 1. The fraction of sp³-hybridized carbons (Fsp3) is 0.538. The van der Waals surface area contributed by atoms with Crippen LogP contribution in [0.1, 0.15) is 41.8 Å². The van der Waals surface area contributed by atoms with E-state index in [1.54, 1.807) is 13.0 Å². The molecule has 1 aliphatic carbocycles. The summed E-state index contributed by atoms with van der Waals surface area (Å²) in [4.78, 5) is 22.7. The van der Waals surface area contributed by atoms with Crippen molar-refractivity contribution in [2.24, 2.45) is 5.41 Å². The van der Waals surface area contributed by atoms with Gasteiger partial charge in [-0.15, -0.1) is 0 Å². The van der Waals surface area contributed by atoms with E-state index in [1.807, 2.05) is 0 Å². The molecule has 0 radical (unpaired) electrons. The molecule has 0 saturated heterocycles. The number of nitrogens with one attached hydrogen (secondary N) is 1. The highest BCUT2D eigenvalue weighted by Gasteiger charge is 2.39. The van der Waals surface area contributed by atoms with Crippen LogP contribution in [0.15, 0.2) is 16.7 Å². The van der Waals surface area contributed by atoms with Crippen molar-refractivity contribution in [2.45, 2.75) is 32.6 Å². The summed E-state index contributed by atoms with van der Waals surface area (Å²) in [6.07, 6.45) is 4.36.